The third kappa shape index (κ3) is 2.97. The normalized spacial score (nSPS) is 21.3. The Kier molecular flexibility index (Phi) is 4.49. The first kappa shape index (κ1) is 13.7. The molecule has 0 aliphatic carbocycles. The molecular weight excluding hydrogens is 248 g/mol. The highest BCUT2D eigenvalue weighted by molar-refractivity contribution is 6.30. The summed E-state index contributed by atoms with van der Waals surface area (Å²) in [5.41, 5.74) is 2.45. The number of hydrogen-bond acceptors (Lipinski definition) is 3. The number of anilines is 1. The first-order chi connectivity index (χ1) is 8.61. The number of piperazine rings is 1. The molecule has 1 unspecified atom stereocenters. The molecule has 1 heterocycles. The van der Waals surface area contributed by atoms with Crippen molar-refractivity contribution in [3.05, 3.63) is 28.8 Å². The largest absolute Gasteiger partial charge is 0.396 e. The van der Waals surface area contributed by atoms with E-state index in [1.54, 1.807) is 0 Å². The fourth-order valence-corrected chi connectivity index (χ4v) is 2.89. The summed E-state index contributed by atoms with van der Waals surface area (Å²) < 4.78 is 0. The SMILES string of the molecule is Cc1cc(Cl)ccc1N1CCN(C)CC1CCO. The van der Waals surface area contributed by atoms with Crippen molar-refractivity contribution in [1.82, 2.24) is 4.90 Å². The Morgan fingerprint density at radius 1 is 1.39 bits per heavy atom. The number of hydrogen-bond donors (Lipinski definition) is 1. The summed E-state index contributed by atoms with van der Waals surface area (Å²) in [6.07, 6.45) is 0.812. The number of likely N-dealkylation sites (N-methyl/N-ethyl adjacent to an activating group) is 1. The van der Waals surface area contributed by atoms with E-state index in [4.69, 9.17) is 11.6 Å². The molecule has 1 atom stereocenters. The van der Waals surface area contributed by atoms with Crippen LogP contribution in [-0.4, -0.2) is 49.3 Å². The molecule has 100 valence electrons. The standard InChI is InChI=1S/C14H21ClN2O/c1-11-9-12(15)3-4-14(11)17-7-6-16(2)10-13(17)5-8-18/h3-4,9,13,18H,5-8,10H2,1-2H3. The first-order valence-electron chi connectivity index (χ1n) is 6.44. The van der Waals surface area contributed by atoms with E-state index in [0.717, 1.165) is 31.1 Å². The van der Waals surface area contributed by atoms with Crippen LogP contribution in [0.2, 0.25) is 5.02 Å². The van der Waals surface area contributed by atoms with Gasteiger partial charge in [-0.2, -0.15) is 0 Å². The van der Waals surface area contributed by atoms with E-state index in [-0.39, 0.29) is 6.61 Å². The molecule has 1 fully saturated rings. The van der Waals surface area contributed by atoms with Crippen molar-refractivity contribution in [2.75, 3.05) is 38.2 Å². The molecule has 2 rings (SSSR count). The maximum atomic E-state index is 9.22. The van der Waals surface area contributed by atoms with Gasteiger partial charge in [-0.15, -0.1) is 0 Å². The van der Waals surface area contributed by atoms with Gasteiger partial charge in [0.15, 0.2) is 0 Å². The monoisotopic (exact) mass is 268 g/mol. The summed E-state index contributed by atoms with van der Waals surface area (Å²) >= 11 is 6.01. The summed E-state index contributed by atoms with van der Waals surface area (Å²) in [5, 5.41) is 10.00. The number of rotatable bonds is 3. The second kappa shape index (κ2) is 5.91. The van der Waals surface area contributed by atoms with Gasteiger partial charge in [-0.25, -0.2) is 0 Å². The lowest BCUT2D eigenvalue weighted by Gasteiger charge is -2.42. The average molecular weight is 269 g/mol. The Bertz CT molecular complexity index is 411. The van der Waals surface area contributed by atoms with Crippen LogP contribution in [0.15, 0.2) is 18.2 Å². The molecule has 0 aromatic heterocycles. The summed E-state index contributed by atoms with van der Waals surface area (Å²) in [4.78, 5) is 4.73. The van der Waals surface area contributed by atoms with Gasteiger partial charge in [-0.05, 0) is 44.2 Å². The topological polar surface area (TPSA) is 26.7 Å². The number of benzene rings is 1. The van der Waals surface area contributed by atoms with Gasteiger partial charge in [-0.3, -0.25) is 0 Å². The van der Waals surface area contributed by atoms with Gasteiger partial charge >= 0.3 is 0 Å². The van der Waals surface area contributed by atoms with Crippen LogP contribution in [0.25, 0.3) is 0 Å². The molecule has 0 amide bonds. The van der Waals surface area contributed by atoms with Gasteiger partial charge < -0.3 is 14.9 Å². The van der Waals surface area contributed by atoms with Crippen LogP contribution < -0.4 is 4.90 Å². The van der Waals surface area contributed by atoms with Crippen LogP contribution in [0.5, 0.6) is 0 Å². The van der Waals surface area contributed by atoms with Crippen molar-refractivity contribution in [3.8, 4) is 0 Å². The second-order valence-electron chi connectivity index (χ2n) is 5.05. The van der Waals surface area contributed by atoms with Crippen molar-refractivity contribution in [1.29, 1.82) is 0 Å². The van der Waals surface area contributed by atoms with Crippen molar-refractivity contribution < 1.29 is 5.11 Å². The van der Waals surface area contributed by atoms with Crippen LogP contribution in [0, 0.1) is 6.92 Å². The molecule has 18 heavy (non-hydrogen) atoms. The van der Waals surface area contributed by atoms with Gasteiger partial charge in [0.2, 0.25) is 0 Å². The van der Waals surface area contributed by atoms with Gasteiger partial charge in [0.25, 0.3) is 0 Å². The smallest absolute Gasteiger partial charge is 0.0451 e. The molecule has 3 nitrogen and oxygen atoms in total. The highest BCUT2D eigenvalue weighted by Crippen LogP contribution is 2.27. The lowest BCUT2D eigenvalue weighted by molar-refractivity contribution is 0.219. The van der Waals surface area contributed by atoms with Crippen LogP contribution in [0.4, 0.5) is 5.69 Å². The molecule has 1 aromatic carbocycles. The molecule has 0 radical (unpaired) electrons. The van der Waals surface area contributed by atoms with E-state index >= 15 is 0 Å². The van der Waals surface area contributed by atoms with Gasteiger partial charge in [-0.1, -0.05) is 11.6 Å². The Morgan fingerprint density at radius 3 is 2.83 bits per heavy atom. The Hall–Kier alpha value is -0.770. The van der Waals surface area contributed by atoms with Crippen molar-refractivity contribution in [2.45, 2.75) is 19.4 Å². The van der Waals surface area contributed by atoms with E-state index < -0.39 is 0 Å². The zero-order valence-electron chi connectivity index (χ0n) is 11.1. The van der Waals surface area contributed by atoms with Gasteiger partial charge in [0.1, 0.15) is 0 Å². The predicted octanol–water partition coefficient (Wildman–Crippen LogP) is 2.15. The van der Waals surface area contributed by atoms with Gasteiger partial charge in [0.05, 0.1) is 0 Å². The molecule has 0 bridgehead atoms. The highest BCUT2D eigenvalue weighted by Gasteiger charge is 2.25. The number of aliphatic hydroxyl groups excluding tert-OH is 1. The molecule has 1 aromatic rings. The molecule has 1 N–H and O–H groups in total. The van der Waals surface area contributed by atoms with E-state index in [1.165, 1.54) is 11.3 Å². The van der Waals surface area contributed by atoms with Crippen molar-refractivity contribution in [3.63, 3.8) is 0 Å². The Morgan fingerprint density at radius 2 is 2.17 bits per heavy atom. The minimum atomic E-state index is 0.238. The predicted molar refractivity (Wildman–Crippen MR) is 76.5 cm³/mol. The lowest BCUT2D eigenvalue weighted by atomic mass is 10.1. The molecule has 1 saturated heterocycles. The summed E-state index contributed by atoms with van der Waals surface area (Å²) in [6, 6.07) is 6.42. The minimum absolute atomic E-state index is 0.238. The van der Waals surface area contributed by atoms with E-state index in [1.807, 2.05) is 12.1 Å². The van der Waals surface area contributed by atoms with E-state index in [0.29, 0.717) is 6.04 Å². The summed E-state index contributed by atoms with van der Waals surface area (Å²) in [5.74, 6) is 0. The maximum absolute atomic E-state index is 9.22. The fraction of sp³-hybridized carbons (Fsp3) is 0.571. The molecule has 1 aliphatic heterocycles. The maximum Gasteiger partial charge on any atom is 0.0451 e. The van der Waals surface area contributed by atoms with E-state index in [9.17, 15) is 5.11 Å². The number of aryl methyl sites for hydroxylation is 1. The van der Waals surface area contributed by atoms with Crippen molar-refractivity contribution >= 4 is 17.3 Å². The summed E-state index contributed by atoms with van der Waals surface area (Å²) in [6.45, 7) is 5.40. The van der Waals surface area contributed by atoms with Crippen molar-refractivity contribution in [2.24, 2.45) is 0 Å². The van der Waals surface area contributed by atoms with Crippen LogP contribution in [0.1, 0.15) is 12.0 Å². The molecule has 1 aliphatic rings. The van der Waals surface area contributed by atoms with Gasteiger partial charge in [0, 0.05) is 43.0 Å². The Labute approximate surface area is 114 Å². The Balaban J connectivity index is 2.23. The minimum Gasteiger partial charge on any atom is -0.396 e. The first-order valence-corrected chi connectivity index (χ1v) is 6.82. The number of nitrogens with zero attached hydrogens (tertiary/aromatic N) is 2. The second-order valence-corrected chi connectivity index (χ2v) is 5.49. The zero-order valence-corrected chi connectivity index (χ0v) is 11.8. The van der Waals surface area contributed by atoms with Crippen LogP contribution in [0.3, 0.4) is 0 Å². The molecule has 0 saturated carbocycles. The third-order valence-electron chi connectivity index (χ3n) is 3.62. The number of halogens is 1. The number of aliphatic hydroxyl groups is 1. The lowest BCUT2D eigenvalue weighted by Crippen LogP contribution is -2.52. The van der Waals surface area contributed by atoms with E-state index in [2.05, 4.69) is 29.8 Å². The quantitative estimate of drug-likeness (QED) is 0.910. The summed E-state index contributed by atoms with van der Waals surface area (Å²) in [7, 11) is 2.14. The van der Waals surface area contributed by atoms with Crippen LogP contribution >= 0.6 is 11.6 Å². The zero-order chi connectivity index (χ0) is 13.1. The molecule has 0 spiro atoms. The third-order valence-corrected chi connectivity index (χ3v) is 3.85. The fourth-order valence-electron chi connectivity index (χ4n) is 2.67. The highest BCUT2D eigenvalue weighted by atomic mass is 35.5. The van der Waals surface area contributed by atoms with Crippen LogP contribution in [-0.2, 0) is 0 Å². The molecule has 4 heteroatoms. The molecular formula is C14H21ClN2O. The average Bonchev–Trinajstić information content (AvgIpc) is 2.31.